The molecule has 1 aromatic carbocycles. The van der Waals surface area contributed by atoms with Gasteiger partial charge in [-0.05, 0) is 37.1 Å². The van der Waals surface area contributed by atoms with E-state index in [0.717, 1.165) is 30.9 Å². The summed E-state index contributed by atoms with van der Waals surface area (Å²) in [5, 5.41) is 3.34. The van der Waals surface area contributed by atoms with E-state index < -0.39 is 0 Å². The van der Waals surface area contributed by atoms with Gasteiger partial charge in [0.25, 0.3) is 0 Å². The molecule has 1 aromatic heterocycles. The van der Waals surface area contributed by atoms with Crippen LogP contribution in [0.3, 0.4) is 0 Å². The predicted octanol–water partition coefficient (Wildman–Crippen LogP) is 3.17. The molecule has 0 spiro atoms. The molecular formula is C15H16BrN3. The summed E-state index contributed by atoms with van der Waals surface area (Å²) in [5.41, 5.74) is 5.94. The van der Waals surface area contributed by atoms with Gasteiger partial charge in [-0.15, -0.1) is 0 Å². The number of nitrogens with one attached hydrogen (secondary N) is 1. The van der Waals surface area contributed by atoms with Crippen LogP contribution in [0, 0.1) is 13.8 Å². The van der Waals surface area contributed by atoms with E-state index in [4.69, 9.17) is 4.98 Å². The lowest BCUT2D eigenvalue weighted by atomic mass is 10.1. The van der Waals surface area contributed by atoms with Crippen molar-refractivity contribution in [3.63, 3.8) is 0 Å². The fraction of sp³-hybridized carbons (Fsp3) is 0.333. The molecule has 4 heteroatoms. The molecule has 0 unspecified atom stereocenters. The molecule has 0 saturated carbocycles. The number of nitrogens with zero attached hydrogens (tertiary/aromatic N) is 2. The molecule has 1 aliphatic rings. The molecule has 0 fully saturated rings. The van der Waals surface area contributed by atoms with Crippen LogP contribution >= 0.6 is 15.9 Å². The average Bonchev–Trinajstić information content (AvgIpc) is 2.43. The summed E-state index contributed by atoms with van der Waals surface area (Å²) in [4.78, 5) is 9.24. The van der Waals surface area contributed by atoms with E-state index in [9.17, 15) is 0 Å². The molecule has 0 bridgehead atoms. The number of benzene rings is 1. The Balaban J connectivity index is 2.07. The molecule has 19 heavy (non-hydrogen) atoms. The normalized spacial score (nSPS) is 14.3. The predicted molar refractivity (Wildman–Crippen MR) is 80.1 cm³/mol. The largest absolute Gasteiger partial charge is 0.312 e. The highest BCUT2D eigenvalue weighted by atomic mass is 79.9. The van der Waals surface area contributed by atoms with Gasteiger partial charge in [0.1, 0.15) is 0 Å². The Morgan fingerprint density at radius 1 is 1.21 bits per heavy atom. The van der Waals surface area contributed by atoms with Crippen LogP contribution in [0.1, 0.15) is 22.4 Å². The highest BCUT2D eigenvalue weighted by Crippen LogP contribution is 2.27. The second-order valence-electron chi connectivity index (χ2n) is 5.02. The molecule has 0 saturated heterocycles. The molecule has 2 heterocycles. The Kier molecular flexibility index (Phi) is 3.37. The van der Waals surface area contributed by atoms with Crippen LogP contribution in [0.15, 0.2) is 22.8 Å². The lowest BCUT2D eigenvalue weighted by Gasteiger charge is -2.16. The zero-order valence-electron chi connectivity index (χ0n) is 11.1. The van der Waals surface area contributed by atoms with Crippen molar-refractivity contribution in [3.05, 3.63) is 45.2 Å². The van der Waals surface area contributed by atoms with E-state index in [-0.39, 0.29) is 0 Å². The summed E-state index contributed by atoms with van der Waals surface area (Å²) in [6, 6.07) is 4.28. The number of rotatable bonds is 1. The van der Waals surface area contributed by atoms with Crippen LogP contribution in [0.4, 0.5) is 0 Å². The van der Waals surface area contributed by atoms with Crippen LogP contribution in [0.25, 0.3) is 11.4 Å². The third kappa shape index (κ3) is 2.42. The summed E-state index contributed by atoms with van der Waals surface area (Å²) in [6.45, 7) is 6.08. The maximum absolute atomic E-state index is 4.73. The minimum atomic E-state index is 0.833. The summed E-state index contributed by atoms with van der Waals surface area (Å²) in [5.74, 6) is 0.833. The van der Waals surface area contributed by atoms with Crippen LogP contribution in [0.2, 0.25) is 0 Å². The number of hydrogen-bond donors (Lipinski definition) is 1. The maximum atomic E-state index is 4.73. The highest BCUT2D eigenvalue weighted by Gasteiger charge is 2.13. The van der Waals surface area contributed by atoms with Gasteiger partial charge in [0, 0.05) is 41.3 Å². The first kappa shape index (κ1) is 12.8. The Labute approximate surface area is 121 Å². The summed E-state index contributed by atoms with van der Waals surface area (Å²) in [7, 11) is 0. The minimum Gasteiger partial charge on any atom is -0.312 e. The fourth-order valence-electron chi connectivity index (χ4n) is 2.45. The second-order valence-corrected chi connectivity index (χ2v) is 5.81. The minimum absolute atomic E-state index is 0.833. The van der Waals surface area contributed by atoms with Crippen molar-refractivity contribution in [1.29, 1.82) is 0 Å². The summed E-state index contributed by atoms with van der Waals surface area (Å²) in [6.07, 6.45) is 2.94. The maximum Gasteiger partial charge on any atom is 0.159 e. The topological polar surface area (TPSA) is 37.8 Å². The lowest BCUT2D eigenvalue weighted by Crippen LogP contribution is -2.24. The third-order valence-corrected chi connectivity index (χ3v) is 4.75. The number of halogens is 1. The van der Waals surface area contributed by atoms with Crippen LogP contribution in [-0.4, -0.2) is 16.5 Å². The van der Waals surface area contributed by atoms with Gasteiger partial charge in [-0.25, -0.2) is 9.97 Å². The molecule has 98 valence electrons. The SMILES string of the molecule is Cc1cc(-c2ncc3c(n2)CCNC3)cc(C)c1Br. The van der Waals surface area contributed by atoms with Crippen molar-refractivity contribution in [1.82, 2.24) is 15.3 Å². The first-order valence-corrected chi connectivity index (χ1v) is 7.27. The van der Waals surface area contributed by atoms with E-state index in [1.54, 1.807) is 0 Å². The molecule has 0 atom stereocenters. The lowest BCUT2D eigenvalue weighted by molar-refractivity contribution is 0.626. The number of aryl methyl sites for hydroxylation is 2. The molecule has 0 aliphatic carbocycles. The van der Waals surface area contributed by atoms with Gasteiger partial charge in [-0.1, -0.05) is 15.9 Å². The standard InChI is InChI=1S/C15H16BrN3/c1-9-5-11(6-10(2)14(9)16)15-18-8-12-7-17-4-3-13(12)19-15/h5-6,8,17H,3-4,7H2,1-2H3. The first-order valence-electron chi connectivity index (χ1n) is 6.48. The first-order chi connectivity index (χ1) is 9.15. The Morgan fingerprint density at radius 3 is 2.68 bits per heavy atom. The Bertz CT molecular complexity index is 614. The van der Waals surface area contributed by atoms with Gasteiger partial charge in [-0.3, -0.25) is 0 Å². The molecule has 0 radical (unpaired) electrons. The van der Waals surface area contributed by atoms with E-state index >= 15 is 0 Å². The van der Waals surface area contributed by atoms with Gasteiger partial charge >= 0.3 is 0 Å². The molecular weight excluding hydrogens is 302 g/mol. The van der Waals surface area contributed by atoms with Gasteiger partial charge in [0.2, 0.25) is 0 Å². The van der Waals surface area contributed by atoms with E-state index in [0.29, 0.717) is 0 Å². The molecule has 3 nitrogen and oxygen atoms in total. The van der Waals surface area contributed by atoms with Crippen LogP contribution in [0.5, 0.6) is 0 Å². The van der Waals surface area contributed by atoms with E-state index in [1.165, 1.54) is 26.9 Å². The Hall–Kier alpha value is -1.26. The van der Waals surface area contributed by atoms with E-state index in [2.05, 4.69) is 52.2 Å². The monoisotopic (exact) mass is 317 g/mol. The van der Waals surface area contributed by atoms with Gasteiger partial charge in [-0.2, -0.15) is 0 Å². The number of fused-ring (bicyclic) bond motifs is 1. The third-order valence-electron chi connectivity index (χ3n) is 3.50. The Morgan fingerprint density at radius 2 is 1.95 bits per heavy atom. The average molecular weight is 318 g/mol. The molecule has 2 aromatic rings. The van der Waals surface area contributed by atoms with E-state index in [1.807, 2.05) is 6.20 Å². The second kappa shape index (κ2) is 5.02. The molecule has 1 N–H and O–H groups in total. The smallest absolute Gasteiger partial charge is 0.159 e. The highest BCUT2D eigenvalue weighted by molar-refractivity contribution is 9.10. The van der Waals surface area contributed by atoms with Crippen molar-refractivity contribution < 1.29 is 0 Å². The zero-order chi connectivity index (χ0) is 13.4. The van der Waals surface area contributed by atoms with Crippen LogP contribution < -0.4 is 5.32 Å². The van der Waals surface area contributed by atoms with Crippen molar-refractivity contribution in [3.8, 4) is 11.4 Å². The van der Waals surface area contributed by atoms with Crippen molar-refractivity contribution in [2.75, 3.05) is 6.54 Å². The summed E-state index contributed by atoms with van der Waals surface area (Å²) < 4.78 is 1.17. The van der Waals surface area contributed by atoms with Crippen LogP contribution in [-0.2, 0) is 13.0 Å². The zero-order valence-corrected chi connectivity index (χ0v) is 12.7. The van der Waals surface area contributed by atoms with Crippen molar-refractivity contribution >= 4 is 15.9 Å². The van der Waals surface area contributed by atoms with Gasteiger partial charge < -0.3 is 5.32 Å². The number of hydrogen-bond acceptors (Lipinski definition) is 3. The quantitative estimate of drug-likeness (QED) is 0.878. The van der Waals surface area contributed by atoms with Gasteiger partial charge in [0.15, 0.2) is 5.82 Å². The summed E-state index contributed by atoms with van der Waals surface area (Å²) >= 11 is 3.60. The molecule has 1 aliphatic heterocycles. The molecule has 3 rings (SSSR count). The van der Waals surface area contributed by atoms with Crippen molar-refractivity contribution in [2.24, 2.45) is 0 Å². The van der Waals surface area contributed by atoms with Gasteiger partial charge in [0.05, 0.1) is 5.69 Å². The fourth-order valence-corrected chi connectivity index (χ4v) is 2.68. The molecule has 0 amide bonds. The number of aromatic nitrogens is 2. The van der Waals surface area contributed by atoms with Crippen molar-refractivity contribution in [2.45, 2.75) is 26.8 Å².